The van der Waals surface area contributed by atoms with Crippen molar-refractivity contribution in [3.8, 4) is 0 Å². The highest BCUT2D eigenvalue weighted by Gasteiger charge is 2.17. The Morgan fingerprint density at radius 3 is 1.17 bits per heavy atom. The van der Waals surface area contributed by atoms with E-state index < -0.39 is 12.1 Å². The van der Waals surface area contributed by atoms with E-state index in [1.165, 1.54) is 199 Å². The summed E-state index contributed by atoms with van der Waals surface area (Å²) in [7, 11) is 0. The van der Waals surface area contributed by atoms with Crippen LogP contribution in [0.25, 0.3) is 0 Å². The second kappa shape index (κ2) is 45.0. The van der Waals surface area contributed by atoms with E-state index in [4.69, 9.17) is 0 Å². The van der Waals surface area contributed by atoms with Crippen LogP contribution in [-0.4, -0.2) is 34.9 Å². The number of rotatable bonds is 43. The number of allylic oxidation sites excluding steroid dienone is 5. The van der Waals surface area contributed by atoms with E-state index in [0.717, 1.165) is 32.1 Å². The van der Waals surface area contributed by atoms with Gasteiger partial charge in [-0.1, -0.05) is 230 Å². The molecule has 2 unspecified atom stereocenters. The molecule has 0 aliphatic carbocycles. The van der Waals surface area contributed by atoms with Gasteiger partial charge in [0, 0.05) is 6.42 Å². The summed E-state index contributed by atoms with van der Waals surface area (Å²) >= 11 is 0. The molecule has 0 bridgehead atoms. The van der Waals surface area contributed by atoms with Crippen LogP contribution >= 0.6 is 0 Å². The fourth-order valence-electron chi connectivity index (χ4n) is 7.21. The van der Waals surface area contributed by atoms with Crippen LogP contribution in [0.3, 0.4) is 0 Å². The quantitative estimate of drug-likeness (QED) is 0.0430. The van der Waals surface area contributed by atoms with E-state index in [1.54, 1.807) is 6.08 Å². The summed E-state index contributed by atoms with van der Waals surface area (Å²) in [6.07, 6.45) is 59.8. The molecular formula is C49H93NO3. The number of aliphatic hydroxyl groups excluding tert-OH is 2. The average Bonchev–Trinajstić information content (AvgIpc) is 3.16. The van der Waals surface area contributed by atoms with Crippen molar-refractivity contribution >= 4 is 5.91 Å². The molecule has 0 aromatic heterocycles. The van der Waals surface area contributed by atoms with Crippen LogP contribution in [0.1, 0.15) is 251 Å². The highest BCUT2D eigenvalue weighted by Crippen LogP contribution is 2.16. The number of nitrogens with one attached hydrogen (secondary N) is 1. The van der Waals surface area contributed by atoms with Crippen LogP contribution in [0.15, 0.2) is 36.5 Å². The number of carbonyl (C=O) groups is 1. The van der Waals surface area contributed by atoms with Crippen LogP contribution in [0.4, 0.5) is 0 Å². The van der Waals surface area contributed by atoms with Gasteiger partial charge in [0.1, 0.15) is 0 Å². The lowest BCUT2D eigenvalue weighted by molar-refractivity contribution is -0.123. The SMILES string of the molecule is CCCCC/C=C\C/C=C\CCCCCCCCCC(=O)NC(CO)C(O)/C=C/CCCCCCCCCCCCCCCCCCCCCCCC. The van der Waals surface area contributed by atoms with E-state index in [-0.39, 0.29) is 12.5 Å². The highest BCUT2D eigenvalue weighted by atomic mass is 16.3. The van der Waals surface area contributed by atoms with Crippen LogP contribution in [0.2, 0.25) is 0 Å². The molecule has 2 atom stereocenters. The van der Waals surface area contributed by atoms with Gasteiger partial charge in [0.15, 0.2) is 0 Å². The van der Waals surface area contributed by atoms with E-state index in [0.29, 0.717) is 6.42 Å². The van der Waals surface area contributed by atoms with E-state index in [2.05, 4.69) is 43.5 Å². The molecule has 0 spiro atoms. The molecule has 0 saturated heterocycles. The lowest BCUT2D eigenvalue weighted by Crippen LogP contribution is -2.45. The summed E-state index contributed by atoms with van der Waals surface area (Å²) in [4.78, 5) is 12.4. The van der Waals surface area contributed by atoms with Gasteiger partial charge in [-0.25, -0.2) is 0 Å². The number of amides is 1. The molecular weight excluding hydrogens is 651 g/mol. The third-order valence-electron chi connectivity index (χ3n) is 10.9. The zero-order valence-corrected chi connectivity index (χ0v) is 35.8. The van der Waals surface area contributed by atoms with Gasteiger partial charge in [0.25, 0.3) is 0 Å². The van der Waals surface area contributed by atoms with Gasteiger partial charge in [-0.15, -0.1) is 0 Å². The predicted molar refractivity (Wildman–Crippen MR) is 235 cm³/mol. The monoisotopic (exact) mass is 744 g/mol. The van der Waals surface area contributed by atoms with Crippen molar-refractivity contribution in [1.82, 2.24) is 5.32 Å². The molecule has 4 heteroatoms. The second-order valence-electron chi connectivity index (χ2n) is 16.2. The van der Waals surface area contributed by atoms with Crippen molar-refractivity contribution in [2.24, 2.45) is 0 Å². The molecule has 0 aliphatic rings. The van der Waals surface area contributed by atoms with Gasteiger partial charge < -0.3 is 15.5 Å². The molecule has 4 nitrogen and oxygen atoms in total. The zero-order chi connectivity index (χ0) is 38.6. The molecule has 0 aromatic carbocycles. The summed E-state index contributed by atoms with van der Waals surface area (Å²) in [5.41, 5.74) is 0. The molecule has 0 aromatic rings. The molecule has 0 aliphatic heterocycles. The zero-order valence-electron chi connectivity index (χ0n) is 35.8. The fourth-order valence-corrected chi connectivity index (χ4v) is 7.21. The van der Waals surface area contributed by atoms with E-state index >= 15 is 0 Å². The predicted octanol–water partition coefficient (Wildman–Crippen LogP) is 15.0. The van der Waals surface area contributed by atoms with Crippen molar-refractivity contribution in [2.45, 2.75) is 264 Å². The number of aliphatic hydroxyl groups is 2. The third kappa shape index (κ3) is 41.6. The second-order valence-corrected chi connectivity index (χ2v) is 16.2. The molecule has 0 rings (SSSR count). The maximum absolute atomic E-state index is 12.4. The molecule has 0 saturated carbocycles. The van der Waals surface area contributed by atoms with Crippen LogP contribution in [-0.2, 0) is 4.79 Å². The Hall–Kier alpha value is -1.39. The molecule has 3 N–H and O–H groups in total. The summed E-state index contributed by atoms with van der Waals surface area (Å²) in [5.74, 6) is -0.0707. The lowest BCUT2D eigenvalue weighted by Gasteiger charge is -2.20. The maximum atomic E-state index is 12.4. The van der Waals surface area contributed by atoms with E-state index in [9.17, 15) is 15.0 Å². The lowest BCUT2D eigenvalue weighted by atomic mass is 10.0. The first kappa shape index (κ1) is 51.6. The Labute approximate surface area is 331 Å². The van der Waals surface area contributed by atoms with Gasteiger partial charge in [-0.05, 0) is 51.4 Å². The minimum absolute atomic E-state index is 0.0707. The first-order valence-electron chi connectivity index (χ1n) is 23.7. The molecule has 0 radical (unpaired) electrons. The summed E-state index contributed by atoms with van der Waals surface area (Å²) < 4.78 is 0. The Balaban J connectivity index is 3.53. The number of hydrogen-bond donors (Lipinski definition) is 3. The highest BCUT2D eigenvalue weighted by molar-refractivity contribution is 5.76. The molecule has 0 fully saturated rings. The normalized spacial score (nSPS) is 13.2. The first-order valence-corrected chi connectivity index (χ1v) is 23.7. The molecule has 1 amide bonds. The summed E-state index contributed by atoms with van der Waals surface area (Å²) in [6.45, 7) is 4.29. The minimum Gasteiger partial charge on any atom is -0.394 e. The third-order valence-corrected chi connectivity index (χ3v) is 10.9. The van der Waals surface area contributed by atoms with Gasteiger partial charge in [0.05, 0.1) is 18.8 Å². The maximum Gasteiger partial charge on any atom is 0.220 e. The van der Waals surface area contributed by atoms with Gasteiger partial charge in [0.2, 0.25) is 5.91 Å². The van der Waals surface area contributed by atoms with Crippen molar-refractivity contribution in [2.75, 3.05) is 6.61 Å². The van der Waals surface area contributed by atoms with Crippen LogP contribution < -0.4 is 5.32 Å². The van der Waals surface area contributed by atoms with Gasteiger partial charge in [-0.3, -0.25) is 4.79 Å². The van der Waals surface area contributed by atoms with E-state index in [1.807, 2.05) is 6.08 Å². The van der Waals surface area contributed by atoms with Crippen molar-refractivity contribution < 1.29 is 15.0 Å². The Bertz CT molecular complexity index is 806. The Kier molecular flexibility index (Phi) is 43.8. The van der Waals surface area contributed by atoms with Crippen molar-refractivity contribution in [3.63, 3.8) is 0 Å². The Morgan fingerprint density at radius 2 is 0.774 bits per heavy atom. The fraction of sp³-hybridized carbons (Fsp3) is 0.857. The largest absolute Gasteiger partial charge is 0.394 e. The van der Waals surface area contributed by atoms with Crippen molar-refractivity contribution in [3.05, 3.63) is 36.5 Å². The number of carbonyl (C=O) groups excluding carboxylic acids is 1. The van der Waals surface area contributed by atoms with Gasteiger partial charge >= 0.3 is 0 Å². The summed E-state index contributed by atoms with van der Waals surface area (Å²) in [5, 5.41) is 23.1. The average molecular weight is 744 g/mol. The smallest absolute Gasteiger partial charge is 0.220 e. The van der Waals surface area contributed by atoms with Crippen LogP contribution in [0.5, 0.6) is 0 Å². The van der Waals surface area contributed by atoms with Gasteiger partial charge in [-0.2, -0.15) is 0 Å². The van der Waals surface area contributed by atoms with Crippen LogP contribution in [0, 0.1) is 0 Å². The topological polar surface area (TPSA) is 69.6 Å². The molecule has 53 heavy (non-hydrogen) atoms. The Morgan fingerprint density at radius 1 is 0.453 bits per heavy atom. The number of hydrogen-bond acceptors (Lipinski definition) is 3. The summed E-state index contributed by atoms with van der Waals surface area (Å²) in [6, 6.07) is -0.626. The molecule has 0 heterocycles. The number of unbranched alkanes of at least 4 members (excludes halogenated alkanes) is 32. The first-order chi connectivity index (χ1) is 26.2. The minimum atomic E-state index is -0.842. The van der Waals surface area contributed by atoms with Crippen molar-refractivity contribution in [1.29, 1.82) is 0 Å². The molecule has 312 valence electrons. The standard InChI is InChI=1S/C49H93NO3/c1-3-5-7-9-11-13-15-17-19-21-22-23-24-25-26-27-29-30-32-34-36-38-40-42-44-48(52)47(46-51)50-49(53)45-43-41-39-37-35-33-31-28-20-18-16-14-12-10-8-6-4-2/h12,14,18,20,42,44,47-48,51-52H,3-11,13,15-17,19,21-41,43,45-46H2,1-2H3,(H,50,53)/b14-12-,20-18-,44-42+.